The second-order valence-electron chi connectivity index (χ2n) is 6.61. The summed E-state index contributed by atoms with van der Waals surface area (Å²) in [5.41, 5.74) is 3.25. The van der Waals surface area contributed by atoms with E-state index >= 15 is 0 Å². The Hall–Kier alpha value is -3.15. The minimum Gasteiger partial charge on any atom is -0.492 e. The van der Waals surface area contributed by atoms with E-state index < -0.39 is 6.04 Å². The van der Waals surface area contributed by atoms with Crippen molar-refractivity contribution in [3.63, 3.8) is 0 Å². The van der Waals surface area contributed by atoms with Crippen LogP contribution in [0, 0.1) is 6.92 Å². The Morgan fingerprint density at radius 1 is 1.11 bits per heavy atom. The molecule has 1 aliphatic rings. The van der Waals surface area contributed by atoms with Crippen LogP contribution in [0.2, 0.25) is 0 Å². The summed E-state index contributed by atoms with van der Waals surface area (Å²) in [6.45, 7) is 5.52. The van der Waals surface area contributed by atoms with Crippen molar-refractivity contribution in [1.29, 1.82) is 0 Å². The Balaban J connectivity index is 1.70. The molecule has 6 heteroatoms. The van der Waals surface area contributed by atoms with Gasteiger partial charge in [-0.3, -0.25) is 14.4 Å². The minimum absolute atomic E-state index is 0.000118. The van der Waals surface area contributed by atoms with Gasteiger partial charge in [-0.15, -0.1) is 0 Å². The van der Waals surface area contributed by atoms with E-state index in [0.29, 0.717) is 24.5 Å². The van der Waals surface area contributed by atoms with Gasteiger partial charge in [0.2, 0.25) is 5.91 Å². The van der Waals surface area contributed by atoms with Crippen LogP contribution in [-0.4, -0.2) is 30.7 Å². The number of Topliss-reactive ketones (excluding diaryl/α,β-unsaturated/α-hetero) is 1. The highest BCUT2D eigenvalue weighted by Crippen LogP contribution is 2.36. The number of nitrogens with one attached hydrogen (secondary N) is 1. The molecule has 2 amide bonds. The highest BCUT2D eigenvalue weighted by molar-refractivity contribution is 6.06. The number of aryl methyl sites for hydroxylation is 1. The van der Waals surface area contributed by atoms with Crippen LogP contribution < -0.4 is 15.0 Å². The van der Waals surface area contributed by atoms with Gasteiger partial charge in [-0.1, -0.05) is 17.7 Å². The predicted octanol–water partition coefficient (Wildman–Crippen LogP) is 2.80. The number of anilines is 1. The molecule has 1 atom stereocenters. The Bertz CT molecular complexity index is 890. The van der Waals surface area contributed by atoms with Gasteiger partial charge in [-0.25, -0.2) is 0 Å². The van der Waals surface area contributed by atoms with Gasteiger partial charge in [0.15, 0.2) is 5.78 Å². The summed E-state index contributed by atoms with van der Waals surface area (Å²) >= 11 is 0. The third-order valence-corrected chi connectivity index (χ3v) is 4.49. The Kier molecular flexibility index (Phi) is 5.26. The summed E-state index contributed by atoms with van der Waals surface area (Å²) in [5.74, 6) is 0.222. The van der Waals surface area contributed by atoms with E-state index in [9.17, 15) is 14.4 Å². The van der Waals surface area contributed by atoms with Crippen molar-refractivity contribution in [2.45, 2.75) is 26.8 Å². The van der Waals surface area contributed by atoms with Gasteiger partial charge >= 0.3 is 0 Å². The van der Waals surface area contributed by atoms with E-state index in [2.05, 4.69) is 5.32 Å². The number of amides is 2. The van der Waals surface area contributed by atoms with Gasteiger partial charge in [-0.05, 0) is 44.2 Å². The zero-order valence-electron chi connectivity index (χ0n) is 15.6. The molecule has 0 saturated carbocycles. The SMILES string of the molecule is CC(=O)NC1C(=O)N(CCOc2ccc(C(C)=O)cc2)c2ccc(C)cc21. The molecule has 0 spiro atoms. The average Bonchev–Trinajstić information content (AvgIpc) is 2.87. The zero-order chi connectivity index (χ0) is 19.6. The molecular formula is C21H22N2O4. The molecule has 0 aliphatic carbocycles. The lowest BCUT2D eigenvalue weighted by Crippen LogP contribution is -2.38. The van der Waals surface area contributed by atoms with Crippen molar-refractivity contribution in [3.8, 4) is 5.75 Å². The van der Waals surface area contributed by atoms with E-state index in [1.165, 1.54) is 13.8 Å². The third kappa shape index (κ3) is 4.00. The van der Waals surface area contributed by atoms with E-state index in [-0.39, 0.29) is 17.6 Å². The Morgan fingerprint density at radius 3 is 2.44 bits per heavy atom. The van der Waals surface area contributed by atoms with Crippen molar-refractivity contribution in [2.24, 2.45) is 0 Å². The molecule has 2 aromatic rings. The summed E-state index contributed by atoms with van der Waals surface area (Å²) in [6, 6.07) is 12.0. The van der Waals surface area contributed by atoms with Crippen LogP contribution in [0.1, 0.15) is 41.4 Å². The van der Waals surface area contributed by atoms with Crippen molar-refractivity contribution in [1.82, 2.24) is 5.32 Å². The maximum atomic E-state index is 12.8. The van der Waals surface area contributed by atoms with Crippen LogP contribution >= 0.6 is 0 Å². The van der Waals surface area contributed by atoms with Crippen LogP contribution in [0.25, 0.3) is 0 Å². The monoisotopic (exact) mass is 366 g/mol. The molecule has 3 rings (SSSR count). The maximum absolute atomic E-state index is 12.8. The molecule has 0 fully saturated rings. The number of hydrogen-bond donors (Lipinski definition) is 1. The molecule has 140 valence electrons. The van der Waals surface area contributed by atoms with Crippen LogP contribution in [0.15, 0.2) is 42.5 Å². The molecule has 6 nitrogen and oxygen atoms in total. The fourth-order valence-corrected chi connectivity index (χ4v) is 3.17. The van der Waals surface area contributed by atoms with Crippen LogP contribution in [0.4, 0.5) is 5.69 Å². The molecule has 1 unspecified atom stereocenters. The van der Waals surface area contributed by atoms with Crippen LogP contribution in [0.5, 0.6) is 5.75 Å². The smallest absolute Gasteiger partial charge is 0.254 e. The third-order valence-electron chi connectivity index (χ3n) is 4.49. The van der Waals surface area contributed by atoms with Gasteiger partial charge < -0.3 is 15.0 Å². The topological polar surface area (TPSA) is 75.7 Å². The fraction of sp³-hybridized carbons (Fsp3) is 0.286. The first-order valence-electron chi connectivity index (χ1n) is 8.79. The highest BCUT2D eigenvalue weighted by atomic mass is 16.5. The summed E-state index contributed by atoms with van der Waals surface area (Å²) in [6.07, 6.45) is 0. The molecule has 1 aliphatic heterocycles. The number of nitrogens with zero attached hydrogens (tertiary/aromatic N) is 1. The summed E-state index contributed by atoms with van der Waals surface area (Å²) in [7, 11) is 0. The molecule has 27 heavy (non-hydrogen) atoms. The molecule has 1 N–H and O–H groups in total. The van der Waals surface area contributed by atoms with Crippen molar-refractivity contribution < 1.29 is 19.1 Å². The highest BCUT2D eigenvalue weighted by Gasteiger charge is 2.37. The lowest BCUT2D eigenvalue weighted by atomic mass is 10.1. The van der Waals surface area contributed by atoms with Gasteiger partial charge in [-0.2, -0.15) is 0 Å². The first kappa shape index (κ1) is 18.6. The second kappa shape index (κ2) is 7.61. The first-order valence-corrected chi connectivity index (χ1v) is 8.79. The predicted molar refractivity (Wildman–Crippen MR) is 102 cm³/mol. The van der Waals surface area contributed by atoms with Gasteiger partial charge in [0.1, 0.15) is 18.4 Å². The van der Waals surface area contributed by atoms with E-state index in [4.69, 9.17) is 4.74 Å². The second-order valence-corrected chi connectivity index (χ2v) is 6.61. The van der Waals surface area contributed by atoms with Crippen LogP contribution in [0.3, 0.4) is 0 Å². The molecule has 0 aromatic heterocycles. The molecule has 2 aromatic carbocycles. The molecule has 0 radical (unpaired) electrons. The summed E-state index contributed by atoms with van der Waals surface area (Å²) < 4.78 is 5.71. The number of benzene rings is 2. The van der Waals surface area contributed by atoms with Crippen molar-refractivity contribution in [2.75, 3.05) is 18.1 Å². The largest absolute Gasteiger partial charge is 0.492 e. The average molecular weight is 366 g/mol. The van der Waals surface area contributed by atoms with Gasteiger partial charge in [0, 0.05) is 23.7 Å². The maximum Gasteiger partial charge on any atom is 0.254 e. The number of hydrogen-bond acceptors (Lipinski definition) is 4. The summed E-state index contributed by atoms with van der Waals surface area (Å²) in [4.78, 5) is 37.2. The number of ether oxygens (including phenoxy) is 1. The Labute approximate surface area is 158 Å². The van der Waals surface area contributed by atoms with Gasteiger partial charge in [0.25, 0.3) is 5.91 Å². The number of rotatable bonds is 6. The number of carbonyl (C=O) groups is 3. The Morgan fingerprint density at radius 2 is 1.81 bits per heavy atom. The standard InChI is InChI=1S/C21H22N2O4/c1-13-4-9-19-18(12-13)20(22-15(3)25)21(26)23(19)10-11-27-17-7-5-16(6-8-17)14(2)24/h4-9,12,20H,10-11H2,1-3H3,(H,22,25). The quantitative estimate of drug-likeness (QED) is 0.798. The number of carbonyl (C=O) groups excluding carboxylic acids is 3. The lowest BCUT2D eigenvalue weighted by molar-refractivity contribution is -0.126. The van der Waals surface area contributed by atoms with Crippen molar-refractivity contribution in [3.05, 3.63) is 59.2 Å². The fourth-order valence-electron chi connectivity index (χ4n) is 3.17. The normalized spacial score (nSPS) is 15.4. The minimum atomic E-state index is -0.660. The van der Waals surface area contributed by atoms with Crippen LogP contribution in [-0.2, 0) is 9.59 Å². The molecule has 0 saturated heterocycles. The molecule has 1 heterocycles. The van der Waals surface area contributed by atoms with Crippen molar-refractivity contribution >= 4 is 23.3 Å². The van der Waals surface area contributed by atoms with E-state index in [1.807, 2.05) is 25.1 Å². The molecular weight excluding hydrogens is 344 g/mol. The molecule has 0 bridgehead atoms. The van der Waals surface area contributed by atoms with Gasteiger partial charge in [0.05, 0.1) is 6.54 Å². The van der Waals surface area contributed by atoms with E-state index in [0.717, 1.165) is 16.8 Å². The lowest BCUT2D eigenvalue weighted by Gasteiger charge is -2.18. The zero-order valence-corrected chi connectivity index (χ0v) is 15.6. The first-order chi connectivity index (χ1) is 12.9. The number of fused-ring (bicyclic) bond motifs is 1. The van der Waals surface area contributed by atoms with E-state index in [1.54, 1.807) is 29.2 Å². The summed E-state index contributed by atoms with van der Waals surface area (Å²) in [5, 5.41) is 2.73. The number of ketones is 1.